The molecule has 1 aliphatic heterocycles. The van der Waals surface area contributed by atoms with Crippen LogP contribution in [0.5, 0.6) is 0 Å². The first kappa shape index (κ1) is 28.4. The van der Waals surface area contributed by atoms with Crippen molar-refractivity contribution in [1.82, 2.24) is 9.80 Å². The fourth-order valence-electron chi connectivity index (χ4n) is 4.04. The smallest absolute Gasteiger partial charge is 0.410 e. The minimum Gasteiger partial charge on any atom is -0.469 e. The zero-order chi connectivity index (χ0) is 25.8. The van der Waals surface area contributed by atoms with Crippen LogP contribution in [0.2, 0.25) is 0 Å². The summed E-state index contributed by atoms with van der Waals surface area (Å²) in [6.45, 7) is 7.59. The van der Waals surface area contributed by atoms with Gasteiger partial charge in [-0.25, -0.2) is 9.59 Å². The molecular formula is C26H41N3O6. The number of nitrogens with one attached hydrogen (secondary N) is 1. The number of esters is 1. The van der Waals surface area contributed by atoms with Crippen LogP contribution in [-0.2, 0) is 20.7 Å². The van der Waals surface area contributed by atoms with Gasteiger partial charge in [0.25, 0.3) is 0 Å². The quantitative estimate of drug-likeness (QED) is 0.505. The van der Waals surface area contributed by atoms with Crippen molar-refractivity contribution in [3.8, 4) is 0 Å². The summed E-state index contributed by atoms with van der Waals surface area (Å²) >= 11 is 0. The van der Waals surface area contributed by atoms with Crippen molar-refractivity contribution < 1.29 is 29.0 Å². The van der Waals surface area contributed by atoms with Crippen LogP contribution in [0.25, 0.3) is 0 Å². The molecule has 1 aromatic rings. The Bertz CT molecular complexity index is 821. The van der Waals surface area contributed by atoms with Gasteiger partial charge in [-0.05, 0) is 76.5 Å². The molecule has 0 spiro atoms. The van der Waals surface area contributed by atoms with E-state index in [1.807, 2.05) is 32.9 Å². The molecule has 1 atom stereocenters. The van der Waals surface area contributed by atoms with Crippen LogP contribution < -0.4 is 5.32 Å². The average molecular weight is 492 g/mol. The van der Waals surface area contributed by atoms with Gasteiger partial charge in [-0.2, -0.15) is 0 Å². The van der Waals surface area contributed by atoms with E-state index in [2.05, 4.69) is 10.1 Å². The zero-order valence-electron chi connectivity index (χ0n) is 21.5. The molecular weight excluding hydrogens is 450 g/mol. The topological polar surface area (TPSA) is 108 Å². The number of ether oxygens (including phenoxy) is 2. The lowest BCUT2D eigenvalue weighted by atomic mass is 9.97. The van der Waals surface area contributed by atoms with Crippen LogP contribution in [-0.4, -0.2) is 78.5 Å². The monoisotopic (exact) mass is 491 g/mol. The van der Waals surface area contributed by atoms with Gasteiger partial charge in [0.2, 0.25) is 0 Å². The standard InChI is InChI=1S/C26H41N3O6/c1-26(2,3)35-25(33)29-15-5-6-20(14-17-29)13-16-28(18-19-30)24(32)27-22-10-7-21(8-11-22)9-12-23(31)34-4/h7-8,10-11,20,30H,5-6,9,12-19H2,1-4H3,(H,27,32). The second-order valence-corrected chi connectivity index (χ2v) is 9.97. The summed E-state index contributed by atoms with van der Waals surface area (Å²) in [5.74, 6) is 0.138. The Morgan fingerprint density at radius 2 is 1.83 bits per heavy atom. The molecule has 1 heterocycles. The lowest BCUT2D eigenvalue weighted by Crippen LogP contribution is -2.38. The summed E-state index contributed by atoms with van der Waals surface area (Å²) in [6.07, 6.45) is 4.17. The molecule has 0 aliphatic carbocycles. The summed E-state index contributed by atoms with van der Waals surface area (Å²) < 4.78 is 10.2. The maximum atomic E-state index is 12.8. The van der Waals surface area contributed by atoms with E-state index in [1.165, 1.54) is 7.11 Å². The van der Waals surface area contributed by atoms with Gasteiger partial charge in [-0.3, -0.25) is 4.79 Å². The van der Waals surface area contributed by atoms with Gasteiger partial charge in [0, 0.05) is 38.3 Å². The van der Waals surface area contributed by atoms with Crippen molar-refractivity contribution in [1.29, 1.82) is 0 Å². The van der Waals surface area contributed by atoms with E-state index < -0.39 is 5.60 Å². The number of aliphatic hydroxyl groups is 1. The Hall–Kier alpha value is -2.81. The second-order valence-electron chi connectivity index (χ2n) is 9.97. The predicted molar refractivity (Wildman–Crippen MR) is 134 cm³/mol. The van der Waals surface area contributed by atoms with E-state index in [1.54, 1.807) is 21.9 Å². The number of nitrogens with zero attached hydrogens (tertiary/aromatic N) is 2. The molecule has 2 rings (SSSR count). The highest BCUT2D eigenvalue weighted by atomic mass is 16.6. The van der Waals surface area contributed by atoms with E-state index in [0.717, 1.165) is 31.2 Å². The summed E-state index contributed by atoms with van der Waals surface area (Å²) in [4.78, 5) is 39.9. The Balaban J connectivity index is 1.84. The van der Waals surface area contributed by atoms with Crippen LogP contribution in [0.1, 0.15) is 58.4 Å². The number of carbonyl (C=O) groups is 3. The summed E-state index contributed by atoms with van der Waals surface area (Å²) in [5.41, 5.74) is 1.13. The third-order valence-electron chi connectivity index (χ3n) is 6.01. The van der Waals surface area contributed by atoms with Crippen LogP contribution in [0.4, 0.5) is 15.3 Å². The van der Waals surface area contributed by atoms with Crippen LogP contribution in [0.15, 0.2) is 24.3 Å². The number of benzene rings is 1. The third-order valence-corrected chi connectivity index (χ3v) is 6.01. The Morgan fingerprint density at radius 3 is 2.46 bits per heavy atom. The molecule has 1 aromatic carbocycles. The fourth-order valence-corrected chi connectivity index (χ4v) is 4.04. The van der Waals surface area contributed by atoms with Gasteiger partial charge in [-0.15, -0.1) is 0 Å². The number of aliphatic hydroxyl groups excluding tert-OH is 1. The molecule has 9 heteroatoms. The number of rotatable bonds is 9. The largest absolute Gasteiger partial charge is 0.469 e. The predicted octanol–water partition coefficient (Wildman–Crippen LogP) is 4.05. The van der Waals surface area contributed by atoms with Crippen molar-refractivity contribution in [2.24, 2.45) is 5.92 Å². The minimum absolute atomic E-state index is 0.114. The Labute approximate surface area is 208 Å². The van der Waals surface area contributed by atoms with Crippen molar-refractivity contribution >= 4 is 23.8 Å². The van der Waals surface area contributed by atoms with Gasteiger partial charge in [-0.1, -0.05) is 12.1 Å². The molecule has 0 bridgehead atoms. The van der Waals surface area contributed by atoms with Crippen molar-refractivity contribution in [3.05, 3.63) is 29.8 Å². The molecule has 1 aliphatic rings. The lowest BCUT2D eigenvalue weighted by Gasteiger charge is -2.26. The van der Waals surface area contributed by atoms with Gasteiger partial charge in [0.1, 0.15) is 5.60 Å². The highest BCUT2D eigenvalue weighted by molar-refractivity contribution is 5.89. The third kappa shape index (κ3) is 10.5. The Kier molecular flexibility index (Phi) is 11.3. The molecule has 2 N–H and O–H groups in total. The van der Waals surface area contributed by atoms with Crippen LogP contribution in [0, 0.1) is 5.92 Å². The number of urea groups is 1. The molecule has 0 aromatic heterocycles. The molecule has 196 valence electrons. The molecule has 9 nitrogen and oxygen atoms in total. The first-order valence-corrected chi connectivity index (χ1v) is 12.4. The number of carbonyl (C=O) groups excluding carboxylic acids is 3. The second kappa shape index (κ2) is 13.9. The van der Waals surface area contributed by atoms with E-state index in [9.17, 15) is 19.5 Å². The highest BCUT2D eigenvalue weighted by Gasteiger charge is 2.25. The first-order chi connectivity index (χ1) is 16.6. The van der Waals surface area contributed by atoms with E-state index in [0.29, 0.717) is 44.1 Å². The van der Waals surface area contributed by atoms with Gasteiger partial charge >= 0.3 is 18.1 Å². The number of hydrogen-bond donors (Lipinski definition) is 2. The number of aryl methyl sites for hydroxylation is 1. The van der Waals surface area contributed by atoms with E-state index in [4.69, 9.17) is 4.74 Å². The number of amides is 3. The average Bonchev–Trinajstić information content (AvgIpc) is 3.05. The lowest BCUT2D eigenvalue weighted by molar-refractivity contribution is -0.140. The number of likely N-dealkylation sites (tertiary alicyclic amines) is 1. The molecule has 0 radical (unpaired) electrons. The summed E-state index contributed by atoms with van der Waals surface area (Å²) in [5, 5.41) is 12.4. The van der Waals surface area contributed by atoms with E-state index >= 15 is 0 Å². The normalized spacial score (nSPS) is 16.3. The minimum atomic E-state index is -0.510. The summed E-state index contributed by atoms with van der Waals surface area (Å²) in [6, 6.07) is 7.09. The fraction of sp³-hybridized carbons (Fsp3) is 0.654. The SMILES string of the molecule is COC(=O)CCc1ccc(NC(=O)N(CCO)CCC2CCCN(C(=O)OC(C)(C)C)CC2)cc1. The van der Waals surface area contributed by atoms with Crippen molar-refractivity contribution in [2.75, 3.05) is 45.2 Å². The van der Waals surface area contributed by atoms with Crippen LogP contribution in [0.3, 0.4) is 0 Å². The van der Waals surface area contributed by atoms with Crippen LogP contribution >= 0.6 is 0 Å². The number of methoxy groups -OCH3 is 1. The molecule has 1 saturated heterocycles. The maximum Gasteiger partial charge on any atom is 0.410 e. The molecule has 35 heavy (non-hydrogen) atoms. The van der Waals surface area contributed by atoms with Crippen molar-refractivity contribution in [3.63, 3.8) is 0 Å². The van der Waals surface area contributed by atoms with E-state index in [-0.39, 0.29) is 31.2 Å². The number of anilines is 1. The molecule has 0 saturated carbocycles. The molecule has 1 fully saturated rings. The zero-order valence-corrected chi connectivity index (χ0v) is 21.5. The van der Waals surface area contributed by atoms with Gasteiger partial charge in [0.15, 0.2) is 0 Å². The maximum absolute atomic E-state index is 12.8. The molecule has 3 amide bonds. The van der Waals surface area contributed by atoms with Gasteiger partial charge < -0.3 is 29.7 Å². The van der Waals surface area contributed by atoms with Crippen molar-refractivity contribution in [2.45, 2.75) is 64.9 Å². The Morgan fingerprint density at radius 1 is 1.11 bits per heavy atom. The van der Waals surface area contributed by atoms with Gasteiger partial charge in [0.05, 0.1) is 13.7 Å². The molecule has 1 unspecified atom stereocenters. The first-order valence-electron chi connectivity index (χ1n) is 12.4. The number of hydrogen-bond acceptors (Lipinski definition) is 6. The summed E-state index contributed by atoms with van der Waals surface area (Å²) in [7, 11) is 1.37. The highest BCUT2D eigenvalue weighted by Crippen LogP contribution is 2.23.